The van der Waals surface area contributed by atoms with Crippen molar-refractivity contribution in [1.29, 1.82) is 0 Å². The van der Waals surface area contributed by atoms with Gasteiger partial charge in [0.2, 0.25) is 5.82 Å². The van der Waals surface area contributed by atoms with Crippen molar-refractivity contribution in [2.24, 2.45) is 0 Å². The second-order valence-corrected chi connectivity index (χ2v) is 4.09. The molecule has 18 heavy (non-hydrogen) atoms. The molecule has 0 radical (unpaired) electrons. The lowest BCUT2D eigenvalue weighted by Gasteiger charge is -2.10. The Morgan fingerprint density at radius 3 is 2.67 bits per heavy atom. The largest absolute Gasteiger partial charge is 0.449 e. The maximum Gasteiger partial charge on any atom is 0.449 e. The highest BCUT2D eigenvalue weighted by Gasteiger charge is 2.34. The number of alkyl halides is 3. The molecule has 0 bridgehead atoms. The lowest BCUT2D eigenvalue weighted by Crippen LogP contribution is -2.11. The summed E-state index contributed by atoms with van der Waals surface area (Å²) < 4.78 is 37.7. The molecule has 0 unspecified atom stereocenters. The number of aromatic amines is 1. The summed E-state index contributed by atoms with van der Waals surface area (Å²) >= 11 is 4.75. The van der Waals surface area contributed by atoms with Crippen molar-refractivity contribution in [3.63, 3.8) is 0 Å². The number of rotatable bonds is 1. The monoisotopic (exact) mass is 271 g/mol. The van der Waals surface area contributed by atoms with Gasteiger partial charge < -0.3 is 4.98 Å². The Bertz CT molecular complexity index is 634. The molecule has 0 saturated carbocycles. The molecule has 0 amide bonds. The van der Waals surface area contributed by atoms with E-state index in [0.29, 0.717) is 5.56 Å². The molecule has 7 heteroatoms. The van der Waals surface area contributed by atoms with E-state index in [1.165, 1.54) is 12.3 Å². The van der Waals surface area contributed by atoms with Crippen molar-refractivity contribution in [3.8, 4) is 11.3 Å². The Hall–Kier alpha value is -1.76. The minimum atomic E-state index is -4.55. The highest BCUT2D eigenvalue weighted by Crippen LogP contribution is 2.28. The van der Waals surface area contributed by atoms with E-state index in [9.17, 15) is 13.2 Å². The van der Waals surface area contributed by atoms with Crippen molar-refractivity contribution in [2.45, 2.75) is 13.1 Å². The molecule has 0 aliphatic rings. The van der Waals surface area contributed by atoms with Crippen molar-refractivity contribution in [3.05, 3.63) is 40.6 Å². The van der Waals surface area contributed by atoms with Crippen LogP contribution in [0.25, 0.3) is 11.3 Å². The summed E-state index contributed by atoms with van der Waals surface area (Å²) in [5.41, 5.74) is 1.65. The lowest BCUT2D eigenvalue weighted by atomic mass is 10.1. The Labute approximate surface area is 106 Å². The number of hydrogen-bond acceptors (Lipinski definition) is 3. The first-order chi connectivity index (χ1) is 8.38. The summed E-state index contributed by atoms with van der Waals surface area (Å²) in [5, 5.41) is 0. The molecule has 2 rings (SSSR count). The number of pyridine rings is 1. The lowest BCUT2D eigenvalue weighted by molar-refractivity contribution is -0.144. The quantitative estimate of drug-likeness (QED) is 0.807. The van der Waals surface area contributed by atoms with E-state index in [4.69, 9.17) is 12.2 Å². The fourth-order valence-electron chi connectivity index (χ4n) is 1.51. The molecule has 1 N–H and O–H groups in total. The average molecular weight is 271 g/mol. The van der Waals surface area contributed by atoms with Gasteiger partial charge >= 0.3 is 6.18 Å². The van der Waals surface area contributed by atoms with Gasteiger partial charge in [0.1, 0.15) is 4.64 Å². The van der Waals surface area contributed by atoms with Crippen LogP contribution in [0.15, 0.2) is 24.5 Å². The van der Waals surface area contributed by atoms with E-state index < -0.39 is 12.0 Å². The molecule has 0 aliphatic heterocycles. The predicted octanol–water partition coefficient (Wildman–Crippen LogP) is 3.53. The van der Waals surface area contributed by atoms with Crippen LogP contribution in [0.2, 0.25) is 0 Å². The van der Waals surface area contributed by atoms with Crippen LogP contribution in [-0.2, 0) is 6.18 Å². The molecule has 3 nitrogen and oxygen atoms in total. The number of H-pyrrole nitrogens is 1. The van der Waals surface area contributed by atoms with E-state index in [-0.39, 0.29) is 10.3 Å². The van der Waals surface area contributed by atoms with Gasteiger partial charge in [-0.05, 0) is 24.6 Å². The number of aromatic nitrogens is 3. The Morgan fingerprint density at radius 2 is 2.06 bits per heavy atom. The first kappa shape index (κ1) is 12.7. The van der Waals surface area contributed by atoms with Crippen LogP contribution in [0.3, 0.4) is 0 Å². The standard InChI is InChI=1S/C11H8F3N3S/c1-6-5-15-3-2-7(6)8-4-9(18)17-10(16-8)11(12,13)14/h2-5H,1H3,(H,16,17,18). The third-order valence-electron chi connectivity index (χ3n) is 2.32. The van der Waals surface area contributed by atoms with Gasteiger partial charge in [0.05, 0.1) is 5.69 Å². The summed E-state index contributed by atoms with van der Waals surface area (Å²) in [6, 6.07) is 3.02. The molecular formula is C11H8F3N3S. The van der Waals surface area contributed by atoms with E-state index in [0.717, 1.165) is 5.56 Å². The van der Waals surface area contributed by atoms with Crippen LogP contribution in [0, 0.1) is 11.6 Å². The van der Waals surface area contributed by atoms with E-state index in [1.54, 1.807) is 19.2 Å². The van der Waals surface area contributed by atoms with Crippen LogP contribution in [-0.4, -0.2) is 15.0 Å². The van der Waals surface area contributed by atoms with Gasteiger partial charge in [0.25, 0.3) is 0 Å². The molecule has 0 fully saturated rings. The maximum absolute atomic E-state index is 12.6. The summed E-state index contributed by atoms with van der Waals surface area (Å²) in [6.45, 7) is 1.76. The molecular weight excluding hydrogens is 263 g/mol. The highest BCUT2D eigenvalue weighted by atomic mass is 32.1. The SMILES string of the molecule is Cc1cnccc1-c1cc(=S)nc(C(F)(F)F)[nH]1. The van der Waals surface area contributed by atoms with E-state index in [1.807, 2.05) is 0 Å². The fourth-order valence-corrected chi connectivity index (χ4v) is 1.72. The fraction of sp³-hybridized carbons (Fsp3) is 0.182. The molecule has 2 heterocycles. The summed E-state index contributed by atoms with van der Waals surface area (Å²) in [5.74, 6) is -1.10. The normalized spacial score (nSPS) is 11.6. The van der Waals surface area contributed by atoms with Crippen molar-refractivity contribution < 1.29 is 13.2 Å². The van der Waals surface area contributed by atoms with Gasteiger partial charge in [-0.1, -0.05) is 12.2 Å². The number of halogens is 3. The van der Waals surface area contributed by atoms with Crippen LogP contribution in [0.1, 0.15) is 11.4 Å². The Balaban J connectivity index is 2.63. The van der Waals surface area contributed by atoms with Gasteiger partial charge in [0.15, 0.2) is 0 Å². The zero-order chi connectivity index (χ0) is 13.3. The van der Waals surface area contributed by atoms with Crippen LogP contribution in [0.4, 0.5) is 13.2 Å². The summed E-state index contributed by atoms with van der Waals surface area (Å²) in [7, 11) is 0. The molecule has 0 aromatic carbocycles. The number of nitrogens with zero attached hydrogens (tertiary/aromatic N) is 2. The van der Waals surface area contributed by atoms with Gasteiger partial charge in [-0.15, -0.1) is 0 Å². The first-order valence-corrected chi connectivity index (χ1v) is 5.38. The summed E-state index contributed by atoms with van der Waals surface area (Å²) in [6.07, 6.45) is -1.47. The second kappa shape index (κ2) is 4.49. The minimum Gasteiger partial charge on any atom is -0.335 e. The smallest absolute Gasteiger partial charge is 0.335 e. The van der Waals surface area contributed by atoms with Gasteiger partial charge in [-0.2, -0.15) is 13.2 Å². The van der Waals surface area contributed by atoms with Gasteiger partial charge in [-0.3, -0.25) is 4.98 Å². The third-order valence-corrected chi connectivity index (χ3v) is 2.53. The Kier molecular flexibility index (Phi) is 3.16. The zero-order valence-electron chi connectivity index (χ0n) is 9.25. The Morgan fingerprint density at radius 1 is 1.33 bits per heavy atom. The second-order valence-electron chi connectivity index (χ2n) is 3.67. The molecule has 2 aromatic rings. The topological polar surface area (TPSA) is 41.6 Å². The highest BCUT2D eigenvalue weighted by molar-refractivity contribution is 7.71. The van der Waals surface area contributed by atoms with Crippen molar-refractivity contribution in [1.82, 2.24) is 15.0 Å². The van der Waals surface area contributed by atoms with E-state index >= 15 is 0 Å². The third kappa shape index (κ3) is 2.56. The molecule has 94 valence electrons. The summed E-state index contributed by atoms with van der Waals surface area (Å²) in [4.78, 5) is 9.42. The molecule has 0 atom stereocenters. The predicted molar refractivity (Wildman–Crippen MR) is 62.4 cm³/mol. The van der Waals surface area contributed by atoms with Crippen LogP contribution >= 0.6 is 12.2 Å². The van der Waals surface area contributed by atoms with Gasteiger partial charge in [0, 0.05) is 18.0 Å². The minimum absolute atomic E-state index is 0.104. The maximum atomic E-state index is 12.6. The molecule has 0 saturated heterocycles. The van der Waals surface area contributed by atoms with E-state index in [2.05, 4.69) is 15.0 Å². The van der Waals surface area contributed by atoms with Crippen LogP contribution in [0.5, 0.6) is 0 Å². The van der Waals surface area contributed by atoms with Crippen molar-refractivity contribution in [2.75, 3.05) is 0 Å². The zero-order valence-corrected chi connectivity index (χ0v) is 10.1. The average Bonchev–Trinajstić information content (AvgIpc) is 2.27. The molecule has 0 aliphatic carbocycles. The van der Waals surface area contributed by atoms with Gasteiger partial charge in [-0.25, -0.2) is 4.98 Å². The number of hydrogen-bond donors (Lipinski definition) is 1. The first-order valence-electron chi connectivity index (χ1n) is 4.97. The number of nitrogens with one attached hydrogen (secondary N) is 1. The molecule has 0 spiro atoms. The van der Waals surface area contributed by atoms with Crippen LogP contribution < -0.4 is 0 Å². The number of aryl methyl sites for hydroxylation is 1. The van der Waals surface area contributed by atoms with Crippen molar-refractivity contribution >= 4 is 12.2 Å². The molecule has 2 aromatic heterocycles.